The molecule has 0 aliphatic carbocycles. The second-order valence-electron chi connectivity index (χ2n) is 6.62. The second-order valence-corrected chi connectivity index (χ2v) is 7.59. The standard InChI is InChI=1S/C21H13F3N6OS/c22-21(23,24)17-7-15(5-4-14(17)8-25)29-19(31)13-3-1-2-12(6-13)10-32-20-16-9-28-30-18(16)26-11-27-20/h1-7,9,11H,10H2,(H,29,31)(H,26,27,28,30). The summed E-state index contributed by atoms with van der Waals surface area (Å²) in [7, 11) is 0. The lowest BCUT2D eigenvalue weighted by atomic mass is 10.1. The van der Waals surface area contributed by atoms with Crippen LogP contribution in [0.3, 0.4) is 0 Å². The molecule has 0 bridgehead atoms. The van der Waals surface area contributed by atoms with E-state index in [9.17, 15) is 18.0 Å². The molecule has 0 atom stereocenters. The van der Waals surface area contributed by atoms with Crippen molar-refractivity contribution in [2.45, 2.75) is 17.0 Å². The Hall–Kier alpha value is -3.91. The lowest BCUT2D eigenvalue weighted by molar-refractivity contribution is -0.137. The molecule has 2 N–H and O–H groups in total. The fourth-order valence-corrected chi connectivity index (χ4v) is 3.88. The topological polar surface area (TPSA) is 107 Å². The first kappa shape index (κ1) is 21.3. The maximum Gasteiger partial charge on any atom is 0.417 e. The number of nitrogens with one attached hydrogen (secondary N) is 2. The minimum absolute atomic E-state index is 0.0514. The molecular weight excluding hydrogens is 441 g/mol. The van der Waals surface area contributed by atoms with Gasteiger partial charge in [0, 0.05) is 17.0 Å². The van der Waals surface area contributed by atoms with Crippen LogP contribution in [0.2, 0.25) is 0 Å². The Balaban J connectivity index is 1.49. The highest BCUT2D eigenvalue weighted by atomic mass is 32.2. The Kier molecular flexibility index (Phi) is 5.79. The Bertz CT molecular complexity index is 1350. The van der Waals surface area contributed by atoms with E-state index >= 15 is 0 Å². The van der Waals surface area contributed by atoms with Crippen LogP contribution < -0.4 is 5.32 Å². The van der Waals surface area contributed by atoms with E-state index < -0.39 is 23.2 Å². The van der Waals surface area contributed by atoms with Crippen LogP contribution in [-0.2, 0) is 11.9 Å². The number of H-pyrrole nitrogens is 1. The quantitative estimate of drug-likeness (QED) is 0.332. The van der Waals surface area contributed by atoms with Crippen LogP contribution in [0.15, 0.2) is 60.0 Å². The van der Waals surface area contributed by atoms with Gasteiger partial charge in [-0.25, -0.2) is 9.97 Å². The van der Waals surface area contributed by atoms with Crippen molar-refractivity contribution in [2.75, 3.05) is 5.32 Å². The van der Waals surface area contributed by atoms with Crippen LogP contribution in [0.25, 0.3) is 11.0 Å². The summed E-state index contributed by atoms with van der Waals surface area (Å²) < 4.78 is 39.4. The van der Waals surface area contributed by atoms with Gasteiger partial charge in [0.2, 0.25) is 0 Å². The summed E-state index contributed by atoms with van der Waals surface area (Å²) in [6.07, 6.45) is -1.64. The van der Waals surface area contributed by atoms with Crippen LogP contribution in [-0.4, -0.2) is 26.1 Å². The molecular formula is C21H13F3N6OS. The van der Waals surface area contributed by atoms with E-state index in [1.807, 2.05) is 6.07 Å². The summed E-state index contributed by atoms with van der Waals surface area (Å²) in [6, 6.07) is 11.3. The van der Waals surface area contributed by atoms with Gasteiger partial charge in [-0.15, -0.1) is 11.8 Å². The van der Waals surface area contributed by atoms with Crippen LogP contribution in [0, 0.1) is 11.3 Å². The zero-order valence-corrected chi connectivity index (χ0v) is 17.0. The average molecular weight is 454 g/mol. The van der Waals surface area contributed by atoms with Gasteiger partial charge in [0.25, 0.3) is 5.91 Å². The first-order chi connectivity index (χ1) is 15.3. The molecule has 4 rings (SSSR count). The van der Waals surface area contributed by atoms with E-state index in [1.54, 1.807) is 24.4 Å². The number of carbonyl (C=O) groups excluding carboxylic acids is 1. The third-order valence-electron chi connectivity index (χ3n) is 4.48. The first-order valence-corrected chi connectivity index (χ1v) is 10.1. The highest BCUT2D eigenvalue weighted by Gasteiger charge is 2.34. The first-order valence-electron chi connectivity index (χ1n) is 9.13. The largest absolute Gasteiger partial charge is 0.417 e. The Labute approximate surface area is 183 Å². The maximum absolute atomic E-state index is 13.1. The lowest BCUT2D eigenvalue weighted by Crippen LogP contribution is -2.14. The van der Waals surface area contributed by atoms with Crippen molar-refractivity contribution in [3.8, 4) is 6.07 Å². The number of hydrogen-bond donors (Lipinski definition) is 2. The molecule has 0 aliphatic heterocycles. The number of carbonyl (C=O) groups is 1. The number of anilines is 1. The number of aromatic amines is 1. The van der Waals surface area contributed by atoms with Gasteiger partial charge in [0.05, 0.1) is 28.8 Å². The third-order valence-corrected chi connectivity index (χ3v) is 5.56. The van der Waals surface area contributed by atoms with E-state index in [4.69, 9.17) is 5.26 Å². The van der Waals surface area contributed by atoms with Gasteiger partial charge < -0.3 is 5.32 Å². The Morgan fingerprint density at radius 1 is 1.19 bits per heavy atom. The van der Waals surface area contributed by atoms with Crippen LogP contribution in [0.1, 0.15) is 27.0 Å². The van der Waals surface area contributed by atoms with Gasteiger partial charge in [0.15, 0.2) is 5.65 Å². The third kappa shape index (κ3) is 4.55. The van der Waals surface area contributed by atoms with E-state index in [2.05, 4.69) is 25.5 Å². The number of rotatable bonds is 5. The summed E-state index contributed by atoms with van der Waals surface area (Å²) in [4.78, 5) is 20.9. The van der Waals surface area contributed by atoms with Crippen molar-refractivity contribution in [1.82, 2.24) is 20.2 Å². The van der Waals surface area contributed by atoms with E-state index in [0.717, 1.165) is 28.1 Å². The number of nitriles is 1. The van der Waals surface area contributed by atoms with Crippen molar-refractivity contribution >= 4 is 34.4 Å². The van der Waals surface area contributed by atoms with Crippen molar-refractivity contribution in [3.63, 3.8) is 0 Å². The zero-order valence-electron chi connectivity index (χ0n) is 16.1. The number of hydrogen-bond acceptors (Lipinski definition) is 6. The number of amides is 1. The fourth-order valence-electron chi connectivity index (χ4n) is 2.97. The molecule has 160 valence electrons. The number of thioether (sulfide) groups is 1. The maximum atomic E-state index is 13.1. The van der Waals surface area contributed by atoms with Crippen molar-refractivity contribution in [1.29, 1.82) is 5.26 Å². The monoisotopic (exact) mass is 454 g/mol. The predicted molar refractivity (Wildman–Crippen MR) is 112 cm³/mol. The number of fused-ring (bicyclic) bond motifs is 1. The number of benzene rings is 2. The number of aromatic nitrogens is 4. The molecule has 11 heteroatoms. The van der Waals surface area contributed by atoms with Crippen LogP contribution >= 0.6 is 11.8 Å². The summed E-state index contributed by atoms with van der Waals surface area (Å²) in [5.41, 5.74) is 0.0796. The molecule has 2 heterocycles. The second kappa shape index (κ2) is 8.68. The molecule has 4 aromatic rings. The molecule has 7 nitrogen and oxygen atoms in total. The van der Waals surface area contributed by atoms with Crippen molar-refractivity contribution < 1.29 is 18.0 Å². The molecule has 2 aromatic heterocycles. The lowest BCUT2D eigenvalue weighted by Gasteiger charge is -2.12. The van der Waals surface area contributed by atoms with Gasteiger partial charge in [-0.05, 0) is 35.9 Å². The predicted octanol–water partition coefficient (Wildman–Crippen LogP) is 4.79. The zero-order chi connectivity index (χ0) is 22.7. The molecule has 2 aromatic carbocycles. The molecule has 0 aliphatic rings. The molecule has 32 heavy (non-hydrogen) atoms. The van der Waals surface area contributed by atoms with Gasteiger partial charge in [-0.3, -0.25) is 9.89 Å². The van der Waals surface area contributed by atoms with Gasteiger partial charge >= 0.3 is 6.18 Å². The molecule has 1 amide bonds. The highest BCUT2D eigenvalue weighted by Crippen LogP contribution is 2.33. The SMILES string of the molecule is N#Cc1ccc(NC(=O)c2cccc(CSc3ncnc4[nH]ncc34)c2)cc1C(F)(F)F. The minimum atomic E-state index is -4.70. The molecule has 0 fully saturated rings. The molecule has 0 saturated heterocycles. The van der Waals surface area contributed by atoms with Gasteiger partial charge in [0.1, 0.15) is 11.4 Å². The number of nitrogens with zero attached hydrogens (tertiary/aromatic N) is 4. The molecule has 0 radical (unpaired) electrons. The van der Waals surface area contributed by atoms with Gasteiger partial charge in [-0.1, -0.05) is 12.1 Å². The molecule has 0 unspecified atom stereocenters. The number of alkyl halides is 3. The molecule has 0 spiro atoms. The van der Waals surface area contributed by atoms with Crippen LogP contribution in [0.5, 0.6) is 0 Å². The molecule has 0 saturated carbocycles. The average Bonchev–Trinajstić information content (AvgIpc) is 3.27. The van der Waals surface area contributed by atoms with E-state index in [0.29, 0.717) is 11.4 Å². The fraction of sp³-hybridized carbons (Fsp3) is 0.0952. The minimum Gasteiger partial charge on any atom is -0.322 e. The number of halogens is 3. The van der Waals surface area contributed by atoms with Crippen molar-refractivity contribution in [2.24, 2.45) is 0 Å². The van der Waals surface area contributed by atoms with E-state index in [1.165, 1.54) is 30.2 Å². The summed E-state index contributed by atoms with van der Waals surface area (Å²) in [6.45, 7) is 0. The van der Waals surface area contributed by atoms with Crippen molar-refractivity contribution in [3.05, 3.63) is 77.2 Å². The summed E-state index contributed by atoms with van der Waals surface area (Å²) in [5.74, 6) is -0.0537. The van der Waals surface area contributed by atoms with Crippen LogP contribution in [0.4, 0.5) is 18.9 Å². The normalized spacial score (nSPS) is 11.3. The highest BCUT2D eigenvalue weighted by molar-refractivity contribution is 7.98. The van der Waals surface area contributed by atoms with E-state index in [-0.39, 0.29) is 11.3 Å². The smallest absolute Gasteiger partial charge is 0.322 e. The summed E-state index contributed by atoms with van der Waals surface area (Å²) in [5, 5.41) is 19.6. The van der Waals surface area contributed by atoms with Gasteiger partial charge in [-0.2, -0.15) is 23.5 Å². The Morgan fingerprint density at radius 3 is 2.81 bits per heavy atom. The Morgan fingerprint density at radius 2 is 2.03 bits per heavy atom. The summed E-state index contributed by atoms with van der Waals surface area (Å²) >= 11 is 1.44.